The lowest BCUT2D eigenvalue weighted by molar-refractivity contribution is -0.117. The van der Waals surface area contributed by atoms with E-state index in [0.717, 1.165) is 54.6 Å². The van der Waals surface area contributed by atoms with Gasteiger partial charge >= 0.3 is 0 Å². The van der Waals surface area contributed by atoms with Crippen molar-refractivity contribution < 1.29 is 9.53 Å². The van der Waals surface area contributed by atoms with Crippen molar-refractivity contribution in [2.75, 3.05) is 18.1 Å². The number of thiophene rings is 1. The van der Waals surface area contributed by atoms with Crippen molar-refractivity contribution in [3.8, 4) is 0 Å². The van der Waals surface area contributed by atoms with E-state index in [1.165, 1.54) is 28.6 Å². The van der Waals surface area contributed by atoms with Gasteiger partial charge in [-0.2, -0.15) is 0 Å². The Morgan fingerprint density at radius 2 is 2.06 bits per heavy atom. The smallest absolute Gasteiger partial charge is 0.263 e. The Labute approximate surface area is 208 Å². The molecule has 1 aliphatic heterocycles. The van der Waals surface area contributed by atoms with Gasteiger partial charge in [0, 0.05) is 23.7 Å². The molecular weight excluding hydrogens is 466 g/mol. The number of benzene rings is 1. The first kappa shape index (κ1) is 23.6. The highest BCUT2D eigenvalue weighted by atomic mass is 32.2. The second-order valence-electron chi connectivity index (χ2n) is 9.01. The summed E-state index contributed by atoms with van der Waals surface area (Å²) in [7, 11) is 0. The number of para-hydroxylation sites is 1. The van der Waals surface area contributed by atoms with E-state index in [9.17, 15) is 9.59 Å². The molecule has 5 rings (SSSR count). The summed E-state index contributed by atoms with van der Waals surface area (Å²) in [4.78, 5) is 36.1. The van der Waals surface area contributed by atoms with Gasteiger partial charge in [-0.3, -0.25) is 14.2 Å². The van der Waals surface area contributed by atoms with E-state index < -0.39 is 0 Å². The molecule has 1 aliphatic carbocycles. The summed E-state index contributed by atoms with van der Waals surface area (Å²) in [6.07, 6.45) is 6.26. The predicted molar refractivity (Wildman–Crippen MR) is 139 cm³/mol. The molecule has 180 valence electrons. The van der Waals surface area contributed by atoms with E-state index in [-0.39, 0.29) is 22.8 Å². The van der Waals surface area contributed by atoms with Crippen LogP contribution >= 0.6 is 23.1 Å². The number of carbonyl (C=O) groups excluding carboxylic acids is 1. The van der Waals surface area contributed by atoms with Gasteiger partial charge in [0.25, 0.3) is 5.56 Å². The zero-order valence-corrected chi connectivity index (χ0v) is 21.4. The van der Waals surface area contributed by atoms with Gasteiger partial charge in [0.05, 0.1) is 23.3 Å². The van der Waals surface area contributed by atoms with E-state index >= 15 is 0 Å². The van der Waals surface area contributed by atoms with Gasteiger partial charge in [0.2, 0.25) is 5.91 Å². The Bertz CT molecular complexity index is 1230. The van der Waals surface area contributed by atoms with E-state index in [0.29, 0.717) is 18.2 Å². The zero-order chi connectivity index (χ0) is 23.7. The summed E-state index contributed by atoms with van der Waals surface area (Å²) in [5.74, 6) is 0.0159. The van der Waals surface area contributed by atoms with Crippen LogP contribution in [0.5, 0.6) is 0 Å². The number of hydrogen-bond acceptors (Lipinski definition) is 6. The van der Waals surface area contributed by atoms with Crippen molar-refractivity contribution in [1.82, 2.24) is 9.55 Å². The van der Waals surface area contributed by atoms with Crippen molar-refractivity contribution >= 4 is 44.9 Å². The molecular formula is C26H31N3O3S2. The van der Waals surface area contributed by atoms with Gasteiger partial charge in [0.1, 0.15) is 4.83 Å². The topological polar surface area (TPSA) is 64.4 Å². The van der Waals surface area contributed by atoms with Crippen molar-refractivity contribution in [3.05, 3.63) is 51.1 Å². The number of hydrogen-bond donors (Lipinski definition) is 0. The quantitative estimate of drug-likeness (QED) is 0.338. The van der Waals surface area contributed by atoms with Crippen molar-refractivity contribution in [2.24, 2.45) is 0 Å². The number of nitrogens with zero attached hydrogens (tertiary/aromatic N) is 3. The number of thioether (sulfide) groups is 1. The zero-order valence-electron chi connectivity index (χ0n) is 19.8. The van der Waals surface area contributed by atoms with Gasteiger partial charge in [-0.1, -0.05) is 30.0 Å². The maximum absolute atomic E-state index is 13.8. The van der Waals surface area contributed by atoms with Crippen LogP contribution < -0.4 is 10.5 Å². The van der Waals surface area contributed by atoms with Gasteiger partial charge in [-0.25, -0.2) is 4.98 Å². The summed E-state index contributed by atoms with van der Waals surface area (Å²) in [5.41, 5.74) is 2.11. The Morgan fingerprint density at radius 1 is 1.26 bits per heavy atom. The van der Waals surface area contributed by atoms with Gasteiger partial charge < -0.3 is 9.64 Å². The molecule has 2 atom stereocenters. The molecule has 0 spiro atoms. The van der Waals surface area contributed by atoms with Crippen LogP contribution in [0, 0.1) is 0 Å². The fourth-order valence-electron chi connectivity index (χ4n) is 4.96. The number of aryl methyl sites for hydroxylation is 2. The monoisotopic (exact) mass is 497 g/mol. The van der Waals surface area contributed by atoms with Crippen molar-refractivity contribution in [2.45, 2.75) is 75.4 Å². The van der Waals surface area contributed by atoms with Crippen molar-refractivity contribution in [3.63, 3.8) is 0 Å². The number of fused-ring (bicyclic) bond motifs is 3. The summed E-state index contributed by atoms with van der Waals surface area (Å²) in [6, 6.07) is 9.73. The second kappa shape index (κ2) is 10.2. The molecule has 3 heterocycles. The first-order chi connectivity index (χ1) is 16.6. The van der Waals surface area contributed by atoms with Crippen LogP contribution in [0.4, 0.5) is 5.69 Å². The molecule has 0 radical (unpaired) electrons. The SMILES string of the molecule is CCN(C(=O)C(C)Sc1nc2sc3c(c2c(=O)n1CC1CCCO1)CCCC3)c1ccccc1. The molecule has 0 N–H and O–H groups in total. The highest BCUT2D eigenvalue weighted by Crippen LogP contribution is 2.35. The molecule has 1 aromatic carbocycles. The van der Waals surface area contributed by atoms with Crippen molar-refractivity contribution in [1.29, 1.82) is 0 Å². The highest BCUT2D eigenvalue weighted by Gasteiger charge is 2.28. The third-order valence-electron chi connectivity index (χ3n) is 6.73. The minimum atomic E-state index is -0.380. The lowest BCUT2D eigenvalue weighted by Gasteiger charge is -2.25. The number of anilines is 1. The third kappa shape index (κ3) is 4.55. The van der Waals surface area contributed by atoms with Gasteiger partial charge in [-0.05, 0) is 70.1 Å². The molecule has 6 nitrogen and oxygen atoms in total. The number of aromatic nitrogens is 2. The molecule has 1 amide bonds. The molecule has 34 heavy (non-hydrogen) atoms. The first-order valence-electron chi connectivity index (χ1n) is 12.3. The maximum atomic E-state index is 13.8. The molecule has 2 aliphatic rings. The highest BCUT2D eigenvalue weighted by molar-refractivity contribution is 8.00. The number of carbonyl (C=O) groups is 1. The molecule has 0 bridgehead atoms. The number of rotatable bonds is 7. The molecule has 3 aromatic rings. The summed E-state index contributed by atoms with van der Waals surface area (Å²) < 4.78 is 7.65. The predicted octanol–water partition coefficient (Wildman–Crippen LogP) is 5.05. The minimum Gasteiger partial charge on any atom is -0.376 e. The second-order valence-corrected chi connectivity index (χ2v) is 11.4. The fourth-order valence-corrected chi connectivity index (χ4v) is 7.25. The normalized spacial score (nSPS) is 18.7. The third-order valence-corrected chi connectivity index (χ3v) is 8.99. The van der Waals surface area contributed by atoms with Crippen LogP contribution in [-0.4, -0.2) is 40.0 Å². The molecule has 0 saturated carbocycles. The standard InChI is InChI=1S/C26H31N3O3S2/c1-3-28(18-10-5-4-6-11-18)24(30)17(2)33-26-27-23-22(20-13-7-8-14-21(20)34-23)25(31)29(26)16-19-12-9-15-32-19/h4-6,10-11,17,19H,3,7-9,12-16H2,1-2H3. The van der Waals surface area contributed by atoms with E-state index in [1.807, 2.05) is 44.2 Å². The molecule has 1 fully saturated rings. The molecule has 1 saturated heterocycles. The first-order valence-corrected chi connectivity index (χ1v) is 14.0. The van der Waals surface area contributed by atoms with E-state index in [2.05, 4.69) is 0 Å². The van der Waals surface area contributed by atoms with Crippen LogP contribution in [0.1, 0.15) is 50.0 Å². The average molecular weight is 498 g/mol. The van der Waals surface area contributed by atoms with Crippen LogP contribution in [0.25, 0.3) is 10.2 Å². The van der Waals surface area contributed by atoms with Crippen LogP contribution in [0.2, 0.25) is 0 Å². The molecule has 2 aromatic heterocycles. The van der Waals surface area contributed by atoms with E-state index in [4.69, 9.17) is 9.72 Å². The lowest BCUT2D eigenvalue weighted by atomic mass is 9.97. The minimum absolute atomic E-state index is 0.0159. The number of amides is 1. The Morgan fingerprint density at radius 3 is 2.79 bits per heavy atom. The Hall–Kier alpha value is -2.16. The number of ether oxygens (including phenoxy) is 1. The van der Waals surface area contributed by atoms with Gasteiger partial charge in [0.15, 0.2) is 5.16 Å². The fraction of sp³-hybridized carbons (Fsp3) is 0.500. The maximum Gasteiger partial charge on any atom is 0.263 e. The van der Waals surface area contributed by atoms with E-state index in [1.54, 1.807) is 20.8 Å². The Kier molecular flexibility index (Phi) is 7.09. The van der Waals surface area contributed by atoms with Gasteiger partial charge in [-0.15, -0.1) is 11.3 Å². The largest absolute Gasteiger partial charge is 0.376 e. The summed E-state index contributed by atoms with van der Waals surface area (Å²) >= 11 is 3.05. The average Bonchev–Trinajstić information content (AvgIpc) is 3.50. The van der Waals surface area contributed by atoms with Crippen LogP contribution in [0.15, 0.2) is 40.3 Å². The summed E-state index contributed by atoms with van der Waals surface area (Å²) in [5, 5.41) is 1.03. The summed E-state index contributed by atoms with van der Waals surface area (Å²) in [6.45, 7) is 5.70. The van der Waals surface area contributed by atoms with Crippen LogP contribution in [-0.2, 0) is 28.9 Å². The molecule has 8 heteroatoms. The Balaban J connectivity index is 1.51. The molecule has 2 unspecified atom stereocenters. The lowest BCUT2D eigenvalue weighted by Crippen LogP contribution is -2.37. The van der Waals surface area contributed by atoms with Crippen LogP contribution in [0.3, 0.4) is 0 Å².